The van der Waals surface area contributed by atoms with Crippen LogP contribution in [0.2, 0.25) is 0 Å². The summed E-state index contributed by atoms with van der Waals surface area (Å²) in [5.74, 6) is -0.0707. The molecule has 4 rings (SSSR count). The number of allylic oxidation sites excluding steroid dienone is 1. The number of hydrogen-bond acceptors (Lipinski definition) is 6. The number of ether oxygens (including phenoxy) is 1. The zero-order valence-electron chi connectivity index (χ0n) is 18.0. The minimum atomic E-state index is -0.500. The van der Waals surface area contributed by atoms with Gasteiger partial charge in [0.1, 0.15) is 0 Å². The van der Waals surface area contributed by atoms with E-state index in [1.807, 2.05) is 42.0 Å². The van der Waals surface area contributed by atoms with Crippen LogP contribution < -0.4 is 5.32 Å². The number of carbonyl (C=O) groups excluding carboxylic acids is 2. The Labute approximate surface area is 191 Å². The molecule has 1 aromatic heterocycles. The van der Waals surface area contributed by atoms with Crippen LogP contribution in [0.4, 0.5) is 0 Å². The maximum atomic E-state index is 13.5. The molecular weight excluding hydrogens is 428 g/mol. The van der Waals surface area contributed by atoms with Gasteiger partial charge in [-0.25, -0.2) is 4.79 Å². The van der Waals surface area contributed by atoms with Crippen LogP contribution in [0.1, 0.15) is 56.3 Å². The Hall–Kier alpha value is -2.51. The van der Waals surface area contributed by atoms with E-state index in [1.165, 1.54) is 17.3 Å². The molecule has 1 amide bonds. The van der Waals surface area contributed by atoms with Crippen LogP contribution in [0.25, 0.3) is 6.08 Å². The third-order valence-electron chi connectivity index (χ3n) is 5.49. The van der Waals surface area contributed by atoms with Crippen molar-refractivity contribution in [3.8, 4) is 0 Å². The van der Waals surface area contributed by atoms with Crippen molar-refractivity contribution in [3.63, 3.8) is 0 Å². The van der Waals surface area contributed by atoms with Gasteiger partial charge < -0.3 is 10.1 Å². The summed E-state index contributed by atoms with van der Waals surface area (Å²) in [5, 5.41) is 7.35. The molecule has 1 aromatic carbocycles. The predicted molar refractivity (Wildman–Crippen MR) is 126 cm³/mol. The molecule has 1 N–H and O–H groups in total. The molecule has 7 heteroatoms. The molecule has 0 spiro atoms. The molecule has 1 saturated heterocycles. The SMILES string of the molecule is CCOC(=O)C1=C(C)N[C@@H]2S/C(=C\c3ccsc3)C(=O)N2[C@H]1c1ccc(C(C)C)cc1. The van der Waals surface area contributed by atoms with Crippen molar-refractivity contribution in [3.05, 3.63) is 74.0 Å². The third-order valence-corrected chi connectivity index (χ3v) is 7.30. The first-order valence-electron chi connectivity index (χ1n) is 10.4. The second-order valence-electron chi connectivity index (χ2n) is 7.88. The van der Waals surface area contributed by atoms with E-state index >= 15 is 0 Å². The van der Waals surface area contributed by atoms with Crippen molar-refractivity contribution in [1.29, 1.82) is 0 Å². The average Bonchev–Trinajstić information content (AvgIpc) is 3.35. The molecule has 162 valence electrons. The molecule has 0 bridgehead atoms. The Morgan fingerprint density at radius 1 is 1.26 bits per heavy atom. The molecule has 0 aliphatic carbocycles. The summed E-state index contributed by atoms with van der Waals surface area (Å²) in [6.45, 7) is 8.24. The zero-order valence-corrected chi connectivity index (χ0v) is 19.7. The fraction of sp³-hybridized carbons (Fsp3) is 0.333. The summed E-state index contributed by atoms with van der Waals surface area (Å²) in [4.78, 5) is 28.8. The first kappa shape index (κ1) is 21.7. The second-order valence-corrected chi connectivity index (χ2v) is 9.78. The minimum Gasteiger partial charge on any atom is -0.463 e. The molecule has 0 radical (unpaired) electrons. The second kappa shape index (κ2) is 8.93. The quantitative estimate of drug-likeness (QED) is 0.494. The number of esters is 1. The molecular formula is C24H26N2O3S2. The molecule has 2 aliphatic heterocycles. The number of amides is 1. The molecule has 1 fully saturated rings. The highest BCUT2D eigenvalue weighted by Gasteiger charge is 2.47. The van der Waals surface area contributed by atoms with Crippen LogP contribution in [-0.4, -0.2) is 28.9 Å². The smallest absolute Gasteiger partial charge is 0.338 e. The van der Waals surface area contributed by atoms with Gasteiger partial charge in [0, 0.05) is 5.70 Å². The summed E-state index contributed by atoms with van der Waals surface area (Å²) in [6, 6.07) is 9.68. The monoisotopic (exact) mass is 454 g/mol. The molecule has 5 nitrogen and oxygen atoms in total. The lowest BCUT2D eigenvalue weighted by atomic mass is 9.91. The minimum absolute atomic E-state index is 0.0825. The van der Waals surface area contributed by atoms with Gasteiger partial charge in [-0.15, -0.1) is 0 Å². The van der Waals surface area contributed by atoms with E-state index in [4.69, 9.17) is 4.74 Å². The Morgan fingerprint density at radius 3 is 2.61 bits per heavy atom. The zero-order chi connectivity index (χ0) is 22.1. The highest BCUT2D eigenvalue weighted by atomic mass is 32.2. The van der Waals surface area contributed by atoms with E-state index in [0.29, 0.717) is 16.4 Å². The fourth-order valence-electron chi connectivity index (χ4n) is 3.89. The van der Waals surface area contributed by atoms with Crippen molar-refractivity contribution < 1.29 is 14.3 Å². The van der Waals surface area contributed by atoms with Gasteiger partial charge in [-0.1, -0.05) is 49.9 Å². The number of carbonyl (C=O) groups is 2. The van der Waals surface area contributed by atoms with Gasteiger partial charge in [0.05, 0.1) is 23.1 Å². The molecule has 2 atom stereocenters. The van der Waals surface area contributed by atoms with Gasteiger partial charge in [0.25, 0.3) is 5.91 Å². The van der Waals surface area contributed by atoms with Gasteiger partial charge in [0.15, 0.2) is 5.50 Å². The van der Waals surface area contributed by atoms with E-state index in [1.54, 1.807) is 23.2 Å². The fourth-order valence-corrected chi connectivity index (χ4v) is 5.72. The molecule has 0 unspecified atom stereocenters. The molecule has 31 heavy (non-hydrogen) atoms. The van der Waals surface area contributed by atoms with Crippen LogP contribution in [0.5, 0.6) is 0 Å². The number of rotatable bonds is 5. The summed E-state index contributed by atoms with van der Waals surface area (Å²) in [7, 11) is 0. The highest BCUT2D eigenvalue weighted by Crippen LogP contribution is 2.46. The van der Waals surface area contributed by atoms with E-state index < -0.39 is 12.0 Å². The lowest BCUT2D eigenvalue weighted by Gasteiger charge is -2.39. The summed E-state index contributed by atoms with van der Waals surface area (Å²) >= 11 is 3.08. The average molecular weight is 455 g/mol. The largest absolute Gasteiger partial charge is 0.463 e. The van der Waals surface area contributed by atoms with Crippen LogP contribution >= 0.6 is 23.1 Å². The first-order chi connectivity index (χ1) is 14.9. The Balaban J connectivity index is 1.78. The lowest BCUT2D eigenvalue weighted by Crippen LogP contribution is -2.49. The maximum absolute atomic E-state index is 13.5. The van der Waals surface area contributed by atoms with Crippen molar-refractivity contribution in [2.45, 2.75) is 45.2 Å². The number of fused-ring (bicyclic) bond motifs is 1. The number of thiophene rings is 1. The Bertz CT molecular complexity index is 1040. The maximum Gasteiger partial charge on any atom is 0.338 e. The first-order valence-corrected chi connectivity index (χ1v) is 12.2. The Kier molecular flexibility index (Phi) is 6.25. The topological polar surface area (TPSA) is 58.6 Å². The van der Waals surface area contributed by atoms with Crippen molar-refractivity contribution in [2.24, 2.45) is 0 Å². The van der Waals surface area contributed by atoms with Crippen LogP contribution in [0.15, 0.2) is 57.3 Å². The van der Waals surface area contributed by atoms with Crippen molar-refractivity contribution in [1.82, 2.24) is 10.2 Å². The normalized spacial score (nSPS) is 22.2. The van der Waals surface area contributed by atoms with Gasteiger partial charge >= 0.3 is 5.97 Å². The Morgan fingerprint density at radius 2 is 2.00 bits per heavy atom. The van der Waals surface area contributed by atoms with Gasteiger partial charge in [0.2, 0.25) is 0 Å². The molecule has 3 heterocycles. The van der Waals surface area contributed by atoms with E-state index in [2.05, 4.69) is 31.3 Å². The summed E-state index contributed by atoms with van der Waals surface area (Å²) in [5.41, 5.74) is 4.09. The van der Waals surface area contributed by atoms with E-state index in [-0.39, 0.29) is 18.0 Å². The van der Waals surface area contributed by atoms with Gasteiger partial charge in [-0.2, -0.15) is 11.3 Å². The van der Waals surface area contributed by atoms with E-state index in [9.17, 15) is 9.59 Å². The molecule has 2 aliphatic rings. The third kappa shape index (κ3) is 4.16. The number of nitrogens with zero attached hydrogens (tertiary/aromatic N) is 1. The van der Waals surface area contributed by atoms with Crippen LogP contribution in [0.3, 0.4) is 0 Å². The van der Waals surface area contributed by atoms with Gasteiger partial charge in [-0.05, 0) is 59.4 Å². The predicted octanol–water partition coefficient (Wildman–Crippen LogP) is 5.25. The van der Waals surface area contributed by atoms with Crippen molar-refractivity contribution >= 4 is 41.1 Å². The van der Waals surface area contributed by atoms with E-state index in [0.717, 1.165) is 16.8 Å². The standard InChI is InChI=1S/C24H26N2O3S2/c1-5-29-23(28)20-15(4)25-24-26(21(20)18-8-6-17(7-9-18)14(2)3)22(27)19(31-24)12-16-10-11-30-13-16/h6-14,21,24-25H,5H2,1-4H3/b19-12-/t21-,24-/m0/s1. The number of benzene rings is 1. The summed E-state index contributed by atoms with van der Waals surface area (Å²) < 4.78 is 5.37. The summed E-state index contributed by atoms with van der Waals surface area (Å²) in [6.07, 6.45) is 1.92. The van der Waals surface area contributed by atoms with Crippen LogP contribution in [0, 0.1) is 0 Å². The molecule has 2 aromatic rings. The number of hydrogen-bond donors (Lipinski definition) is 1. The van der Waals surface area contributed by atoms with Crippen molar-refractivity contribution in [2.75, 3.05) is 6.61 Å². The number of thioether (sulfide) groups is 1. The van der Waals surface area contributed by atoms with Crippen LogP contribution in [-0.2, 0) is 14.3 Å². The molecule has 0 saturated carbocycles. The lowest BCUT2D eigenvalue weighted by molar-refractivity contribution is -0.140. The number of nitrogens with one attached hydrogen (secondary N) is 1. The highest BCUT2D eigenvalue weighted by molar-refractivity contribution is 8.05. The van der Waals surface area contributed by atoms with Gasteiger partial charge in [-0.3, -0.25) is 9.69 Å².